The molecule has 0 atom stereocenters. The first-order valence-electron chi connectivity index (χ1n) is 6.14. The maximum atomic E-state index is 10.6. The summed E-state index contributed by atoms with van der Waals surface area (Å²) in [5.41, 5.74) is 2.92. The molecule has 3 aromatic rings. The van der Waals surface area contributed by atoms with Crippen LogP contribution in [0.25, 0.3) is 11.0 Å². The number of hydrogen-bond acceptors (Lipinski definition) is 4. The Morgan fingerprint density at radius 3 is 2.60 bits per heavy atom. The van der Waals surface area contributed by atoms with E-state index in [9.17, 15) is 10.1 Å². The third-order valence-corrected chi connectivity index (χ3v) is 3.00. The van der Waals surface area contributed by atoms with Crippen molar-refractivity contribution >= 4 is 22.7 Å². The average Bonchev–Trinajstić information content (AvgIpc) is 2.88. The van der Waals surface area contributed by atoms with Gasteiger partial charge in [0.25, 0.3) is 5.69 Å². The molecule has 0 fully saturated rings. The lowest BCUT2D eigenvalue weighted by molar-refractivity contribution is -0.384. The van der Waals surface area contributed by atoms with Crippen molar-refractivity contribution in [2.45, 2.75) is 6.54 Å². The number of imidazole rings is 1. The maximum Gasteiger partial charge on any atom is 0.269 e. The number of benzene rings is 2. The van der Waals surface area contributed by atoms with E-state index in [4.69, 9.17) is 0 Å². The predicted molar refractivity (Wildman–Crippen MR) is 76.5 cm³/mol. The first-order chi connectivity index (χ1) is 9.72. The number of nitrogens with zero attached hydrogens (tertiary/aromatic N) is 2. The predicted octanol–water partition coefficient (Wildman–Crippen LogP) is 3.08. The summed E-state index contributed by atoms with van der Waals surface area (Å²) in [5.74, 6) is 0.685. The summed E-state index contributed by atoms with van der Waals surface area (Å²) in [5, 5.41) is 13.7. The molecule has 2 aromatic carbocycles. The van der Waals surface area contributed by atoms with Crippen LogP contribution in [-0.2, 0) is 6.54 Å². The van der Waals surface area contributed by atoms with Crippen molar-refractivity contribution in [3.8, 4) is 0 Å². The molecular weight excluding hydrogens is 256 g/mol. The molecule has 0 bridgehead atoms. The fraction of sp³-hybridized carbons (Fsp3) is 0.0714. The van der Waals surface area contributed by atoms with Gasteiger partial charge in [-0.25, -0.2) is 4.98 Å². The number of hydrogen-bond donors (Lipinski definition) is 2. The van der Waals surface area contributed by atoms with E-state index >= 15 is 0 Å². The molecule has 1 aromatic heterocycles. The largest absolute Gasteiger partial charge is 0.352 e. The van der Waals surface area contributed by atoms with Crippen LogP contribution in [0.4, 0.5) is 11.6 Å². The molecule has 0 aliphatic heterocycles. The van der Waals surface area contributed by atoms with Crippen LogP contribution in [0.2, 0.25) is 0 Å². The lowest BCUT2D eigenvalue weighted by Crippen LogP contribution is -2.00. The fourth-order valence-corrected chi connectivity index (χ4v) is 1.96. The minimum atomic E-state index is -0.406. The van der Waals surface area contributed by atoms with E-state index in [0.717, 1.165) is 16.6 Å². The van der Waals surface area contributed by atoms with Gasteiger partial charge in [0, 0.05) is 18.7 Å². The molecule has 3 rings (SSSR count). The Bertz CT molecular complexity index is 716. The zero-order valence-corrected chi connectivity index (χ0v) is 10.5. The van der Waals surface area contributed by atoms with Gasteiger partial charge in [-0.05, 0) is 17.7 Å². The number of H-pyrrole nitrogens is 1. The van der Waals surface area contributed by atoms with Crippen LogP contribution in [0.3, 0.4) is 0 Å². The number of nitro groups is 1. The first kappa shape index (κ1) is 12.2. The van der Waals surface area contributed by atoms with Gasteiger partial charge in [0.15, 0.2) is 0 Å². The second-order valence-corrected chi connectivity index (χ2v) is 4.38. The summed E-state index contributed by atoms with van der Waals surface area (Å²) in [6, 6.07) is 14.2. The van der Waals surface area contributed by atoms with Crippen LogP contribution in [-0.4, -0.2) is 14.9 Å². The van der Waals surface area contributed by atoms with Gasteiger partial charge in [-0.2, -0.15) is 0 Å². The van der Waals surface area contributed by atoms with Gasteiger partial charge in [-0.15, -0.1) is 0 Å². The highest BCUT2D eigenvalue weighted by molar-refractivity contribution is 5.77. The molecule has 0 unspecified atom stereocenters. The van der Waals surface area contributed by atoms with Crippen LogP contribution in [0.5, 0.6) is 0 Å². The van der Waals surface area contributed by atoms with Crippen molar-refractivity contribution in [3.63, 3.8) is 0 Å². The zero-order chi connectivity index (χ0) is 13.9. The molecule has 0 saturated heterocycles. The second kappa shape index (κ2) is 5.00. The Labute approximate surface area is 114 Å². The lowest BCUT2D eigenvalue weighted by Gasteiger charge is -2.02. The van der Waals surface area contributed by atoms with Gasteiger partial charge in [0.1, 0.15) is 0 Å². The number of fused-ring (bicyclic) bond motifs is 1. The van der Waals surface area contributed by atoms with Gasteiger partial charge in [0.05, 0.1) is 16.0 Å². The van der Waals surface area contributed by atoms with Crippen molar-refractivity contribution < 1.29 is 4.92 Å². The quantitative estimate of drug-likeness (QED) is 0.562. The molecule has 6 heteroatoms. The van der Waals surface area contributed by atoms with Crippen LogP contribution in [0.15, 0.2) is 48.5 Å². The average molecular weight is 268 g/mol. The summed E-state index contributed by atoms with van der Waals surface area (Å²) in [7, 11) is 0. The SMILES string of the molecule is O=[N+]([O-])c1ccc(CNc2nc3ccccc3[nH]2)cc1. The number of nitrogens with one attached hydrogen (secondary N) is 2. The van der Waals surface area contributed by atoms with Crippen LogP contribution in [0, 0.1) is 10.1 Å². The van der Waals surface area contributed by atoms with Crippen LogP contribution in [0.1, 0.15) is 5.56 Å². The summed E-state index contributed by atoms with van der Waals surface area (Å²) >= 11 is 0. The van der Waals surface area contributed by atoms with Crippen molar-refractivity contribution in [3.05, 3.63) is 64.2 Å². The molecule has 0 saturated carbocycles. The van der Waals surface area contributed by atoms with Crippen LogP contribution < -0.4 is 5.32 Å². The molecule has 0 aliphatic rings. The Morgan fingerprint density at radius 2 is 1.90 bits per heavy atom. The van der Waals surface area contributed by atoms with E-state index < -0.39 is 4.92 Å². The molecule has 0 spiro atoms. The Balaban J connectivity index is 1.71. The number of anilines is 1. The standard InChI is InChI=1S/C14H12N4O2/c19-18(20)11-7-5-10(6-8-11)9-15-14-16-12-3-1-2-4-13(12)17-14/h1-8H,9H2,(H2,15,16,17). The minimum Gasteiger partial charge on any atom is -0.352 e. The molecular formula is C14H12N4O2. The lowest BCUT2D eigenvalue weighted by atomic mass is 10.2. The third kappa shape index (κ3) is 2.44. The molecule has 0 amide bonds. The van der Waals surface area contributed by atoms with E-state index in [1.165, 1.54) is 12.1 Å². The maximum absolute atomic E-state index is 10.6. The number of aromatic amines is 1. The molecule has 0 radical (unpaired) electrons. The fourth-order valence-electron chi connectivity index (χ4n) is 1.96. The van der Waals surface area contributed by atoms with Gasteiger partial charge in [-0.1, -0.05) is 24.3 Å². The summed E-state index contributed by atoms with van der Waals surface area (Å²) in [6.45, 7) is 0.553. The van der Waals surface area contributed by atoms with Crippen LogP contribution >= 0.6 is 0 Å². The highest BCUT2D eigenvalue weighted by atomic mass is 16.6. The van der Waals surface area contributed by atoms with E-state index in [0.29, 0.717) is 12.5 Å². The number of rotatable bonds is 4. The zero-order valence-electron chi connectivity index (χ0n) is 10.5. The molecule has 100 valence electrons. The van der Waals surface area contributed by atoms with Crippen molar-refractivity contribution in [1.82, 2.24) is 9.97 Å². The van der Waals surface area contributed by atoms with Gasteiger partial charge in [-0.3, -0.25) is 10.1 Å². The number of nitro benzene ring substituents is 1. The highest BCUT2D eigenvalue weighted by Crippen LogP contribution is 2.15. The van der Waals surface area contributed by atoms with Gasteiger partial charge >= 0.3 is 0 Å². The Hall–Kier alpha value is -2.89. The van der Waals surface area contributed by atoms with Crippen molar-refractivity contribution in [2.75, 3.05) is 5.32 Å². The van der Waals surface area contributed by atoms with Gasteiger partial charge < -0.3 is 10.3 Å². The Kier molecular flexibility index (Phi) is 3.04. The third-order valence-electron chi connectivity index (χ3n) is 3.00. The van der Waals surface area contributed by atoms with Crippen molar-refractivity contribution in [1.29, 1.82) is 0 Å². The summed E-state index contributed by atoms with van der Waals surface area (Å²) in [6.07, 6.45) is 0. The summed E-state index contributed by atoms with van der Waals surface area (Å²) < 4.78 is 0. The summed E-state index contributed by atoms with van der Waals surface area (Å²) in [4.78, 5) is 17.7. The number of non-ortho nitro benzene ring substituents is 1. The first-order valence-corrected chi connectivity index (χ1v) is 6.14. The Morgan fingerprint density at radius 1 is 1.15 bits per heavy atom. The molecule has 20 heavy (non-hydrogen) atoms. The topological polar surface area (TPSA) is 83.8 Å². The van der Waals surface area contributed by atoms with E-state index in [1.54, 1.807) is 12.1 Å². The molecule has 2 N–H and O–H groups in total. The molecule has 0 aliphatic carbocycles. The molecule has 1 heterocycles. The molecule has 6 nitrogen and oxygen atoms in total. The smallest absolute Gasteiger partial charge is 0.269 e. The minimum absolute atomic E-state index is 0.0949. The van der Waals surface area contributed by atoms with Gasteiger partial charge in [0.2, 0.25) is 5.95 Å². The number of para-hydroxylation sites is 2. The normalized spacial score (nSPS) is 10.6. The van der Waals surface area contributed by atoms with Crippen molar-refractivity contribution in [2.24, 2.45) is 0 Å². The van der Waals surface area contributed by atoms with E-state index in [1.807, 2.05) is 24.3 Å². The monoisotopic (exact) mass is 268 g/mol. The van der Waals surface area contributed by atoms with E-state index in [2.05, 4.69) is 15.3 Å². The number of aromatic nitrogens is 2. The second-order valence-electron chi connectivity index (χ2n) is 4.38. The highest BCUT2D eigenvalue weighted by Gasteiger charge is 2.05. The van der Waals surface area contributed by atoms with E-state index in [-0.39, 0.29) is 5.69 Å².